The number of hydrogen-bond donors (Lipinski definition) is 3. The highest BCUT2D eigenvalue weighted by Crippen LogP contribution is 2.35. The number of fused-ring (bicyclic) bond motifs is 1. The van der Waals surface area contributed by atoms with Crippen molar-refractivity contribution in [2.24, 2.45) is 0 Å². The van der Waals surface area contributed by atoms with E-state index in [4.69, 9.17) is 32.7 Å². The van der Waals surface area contributed by atoms with Gasteiger partial charge in [-0.2, -0.15) is 4.98 Å². The van der Waals surface area contributed by atoms with Crippen LogP contribution in [0.15, 0.2) is 24.4 Å². The van der Waals surface area contributed by atoms with Crippen LogP contribution >= 0.6 is 23.2 Å². The third-order valence-electron chi connectivity index (χ3n) is 5.51. The van der Waals surface area contributed by atoms with E-state index in [0.717, 1.165) is 11.6 Å². The first-order chi connectivity index (χ1) is 17.4. The number of aryl methyl sites for hydroxylation is 1. The number of nitrogens with zero attached hydrogens (tertiary/aromatic N) is 3. The molecule has 2 aromatic heterocycles. The Morgan fingerprint density at radius 1 is 1.16 bits per heavy atom. The second kappa shape index (κ2) is 11.4. The summed E-state index contributed by atoms with van der Waals surface area (Å²) in [6, 6.07) is 6.10. The molecule has 0 spiro atoms. The van der Waals surface area contributed by atoms with E-state index in [1.165, 1.54) is 6.92 Å². The number of hydrogen-bond acceptors (Lipinski definition) is 7. The van der Waals surface area contributed by atoms with Crippen LogP contribution in [-0.4, -0.2) is 51.8 Å². The van der Waals surface area contributed by atoms with Crippen molar-refractivity contribution in [2.45, 2.75) is 78.4 Å². The van der Waals surface area contributed by atoms with Crippen molar-refractivity contribution in [1.29, 1.82) is 0 Å². The number of rotatable bonds is 9. The minimum absolute atomic E-state index is 0.135. The zero-order chi connectivity index (χ0) is 28.5. The van der Waals surface area contributed by atoms with Gasteiger partial charge in [-0.1, -0.05) is 42.8 Å². The van der Waals surface area contributed by atoms with E-state index in [0.29, 0.717) is 45.2 Å². The molecule has 3 rings (SSSR count). The lowest BCUT2D eigenvalue weighted by molar-refractivity contribution is -0.164. The summed E-state index contributed by atoms with van der Waals surface area (Å²) in [6.07, 6.45) is 1.15. The van der Waals surface area contributed by atoms with Crippen molar-refractivity contribution in [1.82, 2.24) is 19.7 Å². The number of imidazole rings is 1. The molecule has 12 heteroatoms. The number of amides is 1. The number of nitrogens with one attached hydrogen (secondary N) is 2. The van der Waals surface area contributed by atoms with Gasteiger partial charge in [0.25, 0.3) is 0 Å². The predicted molar refractivity (Wildman–Crippen MR) is 155 cm³/mol. The highest BCUT2D eigenvalue weighted by atomic mass is 35.5. The summed E-state index contributed by atoms with van der Waals surface area (Å²) in [6.45, 7) is 16.1. The molecule has 1 unspecified atom stereocenters. The van der Waals surface area contributed by atoms with Crippen molar-refractivity contribution in [3.05, 3.63) is 45.7 Å². The minimum Gasteiger partial charge on any atom is -0.444 e. The lowest BCUT2D eigenvalue weighted by Crippen LogP contribution is -2.39. The average molecular weight is 583 g/mol. The first-order valence-electron chi connectivity index (χ1n) is 12.4. The molecular formula is C26H37Cl2N5O4Si. The number of anilines is 1. The van der Waals surface area contributed by atoms with Crippen LogP contribution in [0.4, 0.5) is 10.6 Å². The Labute approximate surface area is 234 Å². The molecular weight excluding hydrogens is 545 g/mol. The monoisotopic (exact) mass is 581 g/mol. The number of halogens is 2. The zero-order valence-electron chi connectivity index (χ0n) is 23.2. The van der Waals surface area contributed by atoms with Crippen molar-refractivity contribution in [3.8, 4) is 11.3 Å². The van der Waals surface area contributed by atoms with Gasteiger partial charge < -0.3 is 25.2 Å². The van der Waals surface area contributed by atoms with E-state index in [1.807, 2.05) is 6.92 Å². The molecule has 1 atom stereocenters. The quantitative estimate of drug-likeness (QED) is 0.196. The number of carbonyl (C=O) groups excluding carboxylic acids is 1. The molecule has 38 heavy (non-hydrogen) atoms. The van der Waals surface area contributed by atoms with Gasteiger partial charge in [0.05, 0.1) is 23.5 Å². The van der Waals surface area contributed by atoms with E-state index >= 15 is 0 Å². The second-order valence-electron chi connectivity index (χ2n) is 11.6. The fraction of sp³-hybridized carbons (Fsp3) is 0.500. The van der Waals surface area contributed by atoms with Crippen LogP contribution in [0, 0.1) is 6.92 Å². The Kier molecular flexibility index (Phi) is 9.05. The number of benzene rings is 1. The molecule has 208 valence electrons. The summed E-state index contributed by atoms with van der Waals surface area (Å²) in [7, 11) is -1.33. The predicted octanol–water partition coefficient (Wildman–Crippen LogP) is 6.47. The topological polar surface area (TPSA) is 110 Å². The molecule has 9 nitrogen and oxygen atoms in total. The van der Waals surface area contributed by atoms with Crippen molar-refractivity contribution >= 4 is 49.0 Å². The summed E-state index contributed by atoms with van der Waals surface area (Å²) >= 11 is 12.8. The van der Waals surface area contributed by atoms with Gasteiger partial charge in [-0.3, -0.25) is 4.40 Å². The fourth-order valence-electron chi connectivity index (χ4n) is 3.70. The van der Waals surface area contributed by atoms with Gasteiger partial charge in [0.1, 0.15) is 5.60 Å². The number of alkyl carbamates (subject to hydrolysis) is 1. The molecule has 3 N–H and O–H groups in total. The van der Waals surface area contributed by atoms with E-state index in [-0.39, 0.29) is 6.54 Å². The van der Waals surface area contributed by atoms with Gasteiger partial charge in [0, 0.05) is 43.4 Å². The van der Waals surface area contributed by atoms with E-state index in [2.05, 4.69) is 40.2 Å². The maximum Gasteiger partial charge on any atom is 0.407 e. The standard InChI is InChI=1S/C26H37Cl2N5O4Si/c1-16-19(14-29-24(34)37-25(2,3)4)22(18-10-9-17(27)13-20(18)28)33-15-21(31-23(33)30-16)32-26(5,35)36-11-12-38(6,7)8/h9-10,13,15,32,35H,11-12,14H2,1-8H3,(H,29,34). The number of carbonyl (C=O) groups is 1. The summed E-state index contributed by atoms with van der Waals surface area (Å²) in [5.41, 5.74) is 2.07. The Balaban J connectivity index is 2.02. The van der Waals surface area contributed by atoms with Crippen LogP contribution in [-0.2, 0) is 16.0 Å². The normalized spacial score (nSPS) is 13.9. The van der Waals surface area contributed by atoms with Gasteiger partial charge in [-0.05, 0) is 51.9 Å². The smallest absolute Gasteiger partial charge is 0.407 e. The van der Waals surface area contributed by atoms with Crippen LogP contribution < -0.4 is 10.6 Å². The first-order valence-corrected chi connectivity index (χ1v) is 16.9. The average Bonchev–Trinajstić information content (AvgIpc) is 3.10. The minimum atomic E-state index is -1.63. The summed E-state index contributed by atoms with van der Waals surface area (Å²) in [4.78, 5) is 21.6. The molecule has 2 heterocycles. The SMILES string of the molecule is Cc1nc2nc(NC(C)(O)OCC[Si](C)(C)C)cn2c(-c2ccc(Cl)cc2Cl)c1CNC(=O)OC(C)(C)C. The van der Waals surface area contributed by atoms with Crippen LogP contribution in [0.3, 0.4) is 0 Å². The Morgan fingerprint density at radius 3 is 2.45 bits per heavy atom. The molecule has 0 aliphatic rings. The van der Waals surface area contributed by atoms with Crippen molar-refractivity contribution in [3.63, 3.8) is 0 Å². The molecule has 1 amide bonds. The molecule has 0 saturated heterocycles. The fourth-order valence-corrected chi connectivity index (χ4v) is 4.91. The zero-order valence-corrected chi connectivity index (χ0v) is 25.7. The van der Waals surface area contributed by atoms with Crippen LogP contribution in [0.5, 0.6) is 0 Å². The third kappa shape index (κ3) is 8.31. The van der Waals surface area contributed by atoms with Crippen LogP contribution in [0.25, 0.3) is 17.0 Å². The highest BCUT2D eigenvalue weighted by Gasteiger charge is 2.26. The second-order valence-corrected chi connectivity index (χ2v) is 18.0. The van der Waals surface area contributed by atoms with Crippen LogP contribution in [0.2, 0.25) is 35.7 Å². The van der Waals surface area contributed by atoms with Gasteiger partial charge in [-0.15, -0.1) is 0 Å². The van der Waals surface area contributed by atoms with Crippen molar-refractivity contribution in [2.75, 3.05) is 11.9 Å². The Morgan fingerprint density at radius 2 is 1.84 bits per heavy atom. The molecule has 0 saturated carbocycles. The summed E-state index contributed by atoms with van der Waals surface area (Å²) in [5, 5.41) is 17.5. The Hall–Kier alpha value is -2.37. The highest BCUT2D eigenvalue weighted by molar-refractivity contribution is 6.76. The summed E-state index contributed by atoms with van der Waals surface area (Å²) in [5.74, 6) is -0.894. The third-order valence-corrected chi connectivity index (χ3v) is 7.76. The van der Waals surface area contributed by atoms with E-state index < -0.39 is 25.7 Å². The Bertz CT molecular complexity index is 1320. The number of aromatic nitrogens is 3. The largest absolute Gasteiger partial charge is 0.444 e. The molecule has 0 bridgehead atoms. The number of ether oxygens (including phenoxy) is 2. The maximum absolute atomic E-state index is 12.4. The summed E-state index contributed by atoms with van der Waals surface area (Å²) < 4.78 is 12.9. The van der Waals surface area contributed by atoms with Gasteiger partial charge in [0.2, 0.25) is 11.7 Å². The maximum atomic E-state index is 12.4. The van der Waals surface area contributed by atoms with Gasteiger partial charge in [-0.25, -0.2) is 9.78 Å². The van der Waals surface area contributed by atoms with Gasteiger partial charge in [0.15, 0.2) is 5.82 Å². The molecule has 3 aromatic rings. The molecule has 0 aliphatic carbocycles. The lowest BCUT2D eigenvalue weighted by Gasteiger charge is -2.26. The number of aliphatic hydroxyl groups is 1. The molecule has 0 fully saturated rings. The van der Waals surface area contributed by atoms with Crippen LogP contribution in [0.1, 0.15) is 39.0 Å². The van der Waals surface area contributed by atoms with Crippen molar-refractivity contribution < 1.29 is 19.4 Å². The molecule has 1 aromatic carbocycles. The van der Waals surface area contributed by atoms with Gasteiger partial charge >= 0.3 is 6.09 Å². The molecule has 0 aliphatic heterocycles. The lowest BCUT2D eigenvalue weighted by atomic mass is 10.0. The van der Waals surface area contributed by atoms with E-state index in [9.17, 15) is 9.90 Å². The molecule has 0 radical (unpaired) electrons. The van der Waals surface area contributed by atoms with E-state index in [1.54, 1.807) is 49.6 Å². The first kappa shape index (κ1) is 30.2.